The topological polar surface area (TPSA) is 88.2 Å². The number of aromatic nitrogens is 5. The van der Waals surface area contributed by atoms with Gasteiger partial charge in [0.1, 0.15) is 0 Å². The molecule has 0 saturated heterocycles. The Balaban J connectivity index is 1.16. The van der Waals surface area contributed by atoms with Gasteiger partial charge in [0.15, 0.2) is 23.3 Å². The maximum Gasteiger partial charge on any atom is 0.164 e. The first-order valence-corrected chi connectivity index (χ1v) is 16.2. The lowest BCUT2D eigenvalue weighted by molar-refractivity contribution is 1.07. The van der Waals surface area contributed by atoms with Crippen LogP contribution in [0.5, 0.6) is 0 Å². The van der Waals surface area contributed by atoms with Crippen LogP contribution in [0.1, 0.15) is 5.56 Å². The van der Waals surface area contributed by atoms with Crippen LogP contribution in [0.25, 0.3) is 79.2 Å². The van der Waals surface area contributed by atoms with Crippen molar-refractivity contribution in [1.82, 2.24) is 24.9 Å². The van der Waals surface area contributed by atoms with Gasteiger partial charge in [-0.1, -0.05) is 146 Å². The van der Waals surface area contributed by atoms with E-state index in [4.69, 9.17) is 24.9 Å². The largest absolute Gasteiger partial charge is 0.228 e. The van der Waals surface area contributed by atoms with E-state index in [1.165, 1.54) is 0 Å². The molecule has 2 heterocycles. The number of benzene rings is 6. The molecule has 0 aliphatic heterocycles. The van der Waals surface area contributed by atoms with Crippen molar-refractivity contribution >= 4 is 0 Å². The lowest BCUT2D eigenvalue weighted by atomic mass is 10.00. The van der Waals surface area contributed by atoms with Gasteiger partial charge in [-0.05, 0) is 35.4 Å². The maximum atomic E-state index is 9.50. The zero-order valence-corrected chi connectivity index (χ0v) is 26.8. The monoisotopic (exact) mass is 640 g/mol. The fourth-order valence-corrected chi connectivity index (χ4v) is 5.82. The van der Waals surface area contributed by atoms with Crippen molar-refractivity contribution in [3.8, 4) is 85.3 Å². The minimum absolute atomic E-state index is 0.510. The SMILES string of the molecule is N#Cc1cccc(-c2nc(-c3ccccc3)nc(-c3cccc(-c4ccc(-c5cc(-c6ccccc6)nc(-c6ccccc6)n5)cc4)c3)n2)c1. The zero-order valence-electron chi connectivity index (χ0n) is 26.8. The van der Waals surface area contributed by atoms with Crippen molar-refractivity contribution in [2.45, 2.75) is 0 Å². The molecular weight excluding hydrogens is 613 g/mol. The Morgan fingerprint density at radius 2 is 0.700 bits per heavy atom. The first-order chi connectivity index (χ1) is 24.7. The second kappa shape index (κ2) is 13.6. The Labute approximate surface area is 290 Å². The van der Waals surface area contributed by atoms with E-state index in [-0.39, 0.29) is 0 Å². The van der Waals surface area contributed by atoms with Crippen LogP contribution in [0, 0.1) is 11.3 Å². The standard InChI is InChI=1S/C44H28N6/c45-29-30-12-10-20-37(26-30)43-48-42(35-17-8-3-9-18-35)49-44(50-43)38-21-11-19-36(27-38)31-22-24-33(25-23-31)40-28-39(32-13-4-1-5-14-32)46-41(47-40)34-15-6-2-7-16-34/h1-28H. The average Bonchev–Trinajstić information content (AvgIpc) is 3.21. The third kappa shape index (κ3) is 6.40. The van der Waals surface area contributed by atoms with E-state index >= 15 is 0 Å². The molecule has 6 heteroatoms. The average molecular weight is 641 g/mol. The van der Waals surface area contributed by atoms with Gasteiger partial charge >= 0.3 is 0 Å². The first-order valence-electron chi connectivity index (χ1n) is 16.2. The smallest absolute Gasteiger partial charge is 0.164 e. The van der Waals surface area contributed by atoms with E-state index in [0.29, 0.717) is 28.9 Å². The van der Waals surface area contributed by atoms with Crippen LogP contribution in [-0.4, -0.2) is 24.9 Å². The summed E-state index contributed by atoms with van der Waals surface area (Å²) in [5.74, 6) is 2.31. The van der Waals surface area contributed by atoms with Gasteiger partial charge < -0.3 is 0 Å². The molecule has 0 amide bonds. The van der Waals surface area contributed by atoms with Crippen molar-refractivity contribution in [3.05, 3.63) is 175 Å². The fourth-order valence-electron chi connectivity index (χ4n) is 5.82. The van der Waals surface area contributed by atoms with Gasteiger partial charge in [0.05, 0.1) is 23.0 Å². The van der Waals surface area contributed by atoms with E-state index in [2.05, 4.69) is 54.6 Å². The van der Waals surface area contributed by atoms with Crippen molar-refractivity contribution < 1.29 is 0 Å². The number of nitrogens with zero attached hydrogens (tertiary/aromatic N) is 6. The summed E-state index contributed by atoms with van der Waals surface area (Å²) in [6.07, 6.45) is 0. The fraction of sp³-hybridized carbons (Fsp3) is 0. The summed E-state index contributed by atoms with van der Waals surface area (Å²) in [6.45, 7) is 0. The van der Waals surface area contributed by atoms with Crippen LogP contribution in [0.3, 0.4) is 0 Å². The second-order valence-electron chi connectivity index (χ2n) is 11.7. The van der Waals surface area contributed by atoms with Gasteiger partial charge in [-0.3, -0.25) is 0 Å². The molecule has 2 aromatic heterocycles. The molecule has 0 atom stereocenters. The Morgan fingerprint density at radius 3 is 1.26 bits per heavy atom. The molecule has 8 aromatic rings. The van der Waals surface area contributed by atoms with E-state index in [1.807, 2.05) is 109 Å². The Kier molecular flexibility index (Phi) is 8.20. The molecule has 234 valence electrons. The first kappa shape index (κ1) is 30.2. The van der Waals surface area contributed by atoms with Crippen LogP contribution in [0.4, 0.5) is 0 Å². The summed E-state index contributed by atoms with van der Waals surface area (Å²) in [5, 5.41) is 9.50. The Bertz CT molecular complexity index is 2420. The summed E-state index contributed by atoms with van der Waals surface area (Å²) in [4.78, 5) is 24.5. The van der Waals surface area contributed by atoms with Gasteiger partial charge in [-0.25, -0.2) is 24.9 Å². The van der Waals surface area contributed by atoms with Crippen molar-refractivity contribution in [1.29, 1.82) is 5.26 Å². The quantitative estimate of drug-likeness (QED) is 0.172. The lowest BCUT2D eigenvalue weighted by Crippen LogP contribution is -2.00. The van der Waals surface area contributed by atoms with E-state index < -0.39 is 0 Å². The van der Waals surface area contributed by atoms with Crippen LogP contribution < -0.4 is 0 Å². The zero-order chi connectivity index (χ0) is 33.7. The van der Waals surface area contributed by atoms with Crippen LogP contribution >= 0.6 is 0 Å². The molecule has 8 rings (SSSR count). The van der Waals surface area contributed by atoms with Gasteiger partial charge in [-0.15, -0.1) is 0 Å². The summed E-state index contributed by atoms with van der Waals surface area (Å²) < 4.78 is 0. The third-order valence-corrected chi connectivity index (χ3v) is 8.38. The van der Waals surface area contributed by atoms with E-state index in [0.717, 1.165) is 55.9 Å². The second-order valence-corrected chi connectivity index (χ2v) is 11.7. The van der Waals surface area contributed by atoms with Gasteiger partial charge in [0.2, 0.25) is 0 Å². The molecule has 50 heavy (non-hydrogen) atoms. The summed E-state index contributed by atoms with van der Waals surface area (Å²) in [7, 11) is 0. The van der Waals surface area contributed by atoms with E-state index in [9.17, 15) is 5.26 Å². The summed E-state index contributed by atoms with van der Waals surface area (Å²) in [6, 6.07) is 58.3. The van der Waals surface area contributed by atoms with Gasteiger partial charge in [-0.2, -0.15) is 5.26 Å². The van der Waals surface area contributed by atoms with E-state index in [1.54, 1.807) is 12.1 Å². The van der Waals surface area contributed by atoms with Crippen molar-refractivity contribution in [2.75, 3.05) is 0 Å². The molecule has 0 fully saturated rings. The molecule has 0 bridgehead atoms. The number of nitriles is 1. The highest BCUT2D eigenvalue weighted by Crippen LogP contribution is 2.31. The lowest BCUT2D eigenvalue weighted by Gasteiger charge is -2.11. The molecule has 0 N–H and O–H groups in total. The highest BCUT2D eigenvalue weighted by atomic mass is 15.0. The number of hydrogen-bond donors (Lipinski definition) is 0. The molecule has 0 spiro atoms. The minimum atomic E-state index is 0.510. The van der Waals surface area contributed by atoms with Gasteiger partial charge in [0.25, 0.3) is 0 Å². The van der Waals surface area contributed by atoms with Crippen molar-refractivity contribution in [2.24, 2.45) is 0 Å². The number of rotatable bonds is 7. The molecular formula is C44H28N6. The normalized spacial score (nSPS) is 10.8. The molecule has 0 aliphatic rings. The molecule has 0 saturated carbocycles. The molecule has 0 aliphatic carbocycles. The van der Waals surface area contributed by atoms with Crippen LogP contribution in [-0.2, 0) is 0 Å². The van der Waals surface area contributed by atoms with Crippen LogP contribution in [0.15, 0.2) is 170 Å². The number of hydrogen-bond acceptors (Lipinski definition) is 6. The van der Waals surface area contributed by atoms with Crippen molar-refractivity contribution in [3.63, 3.8) is 0 Å². The molecule has 0 radical (unpaired) electrons. The van der Waals surface area contributed by atoms with Gasteiger partial charge in [0, 0.05) is 33.4 Å². The van der Waals surface area contributed by atoms with Crippen LogP contribution in [0.2, 0.25) is 0 Å². The molecule has 6 nitrogen and oxygen atoms in total. The highest BCUT2D eigenvalue weighted by molar-refractivity contribution is 5.76. The minimum Gasteiger partial charge on any atom is -0.228 e. The summed E-state index contributed by atoms with van der Waals surface area (Å²) in [5.41, 5.74) is 9.86. The molecule has 0 unspecified atom stereocenters. The maximum absolute atomic E-state index is 9.50. The highest BCUT2D eigenvalue weighted by Gasteiger charge is 2.14. The third-order valence-electron chi connectivity index (χ3n) is 8.38. The predicted octanol–water partition coefficient (Wildman–Crippen LogP) is 10.2. The summed E-state index contributed by atoms with van der Waals surface area (Å²) >= 11 is 0. The predicted molar refractivity (Wildman–Crippen MR) is 198 cm³/mol. The molecule has 6 aromatic carbocycles. The Morgan fingerprint density at radius 1 is 0.300 bits per heavy atom. The Hall–Kier alpha value is -7.10.